The minimum absolute atomic E-state index is 0.0903. The molecule has 0 bridgehead atoms. The summed E-state index contributed by atoms with van der Waals surface area (Å²) in [4.78, 5) is 23.8. The van der Waals surface area contributed by atoms with Crippen molar-refractivity contribution in [3.63, 3.8) is 0 Å². The van der Waals surface area contributed by atoms with Crippen LogP contribution in [0.3, 0.4) is 0 Å². The van der Waals surface area contributed by atoms with E-state index < -0.39 is 11.9 Å². The second-order valence-electron chi connectivity index (χ2n) is 5.63. The van der Waals surface area contributed by atoms with Gasteiger partial charge in [-0.05, 0) is 24.3 Å². The van der Waals surface area contributed by atoms with Crippen LogP contribution < -0.4 is 18.9 Å². The average molecular weight is 358 g/mol. The van der Waals surface area contributed by atoms with E-state index in [9.17, 15) is 19.8 Å². The molecule has 0 fully saturated rings. The molecule has 0 saturated carbocycles. The fourth-order valence-electron chi connectivity index (χ4n) is 3.11. The van der Waals surface area contributed by atoms with Gasteiger partial charge in [0.25, 0.3) is 0 Å². The first-order chi connectivity index (χ1) is 12.6. The highest BCUT2D eigenvalue weighted by atomic mass is 16.6. The largest absolute Gasteiger partial charge is 0.486 e. The van der Waals surface area contributed by atoms with Crippen molar-refractivity contribution in [1.82, 2.24) is 0 Å². The summed E-state index contributed by atoms with van der Waals surface area (Å²) >= 11 is 0. The van der Waals surface area contributed by atoms with E-state index in [0.717, 1.165) is 0 Å². The van der Waals surface area contributed by atoms with Crippen LogP contribution in [0, 0.1) is 0 Å². The van der Waals surface area contributed by atoms with E-state index in [1.54, 1.807) is 12.1 Å². The summed E-state index contributed by atoms with van der Waals surface area (Å²) in [5.74, 6) is -1.68. The van der Waals surface area contributed by atoms with Gasteiger partial charge >= 0.3 is 11.9 Å². The van der Waals surface area contributed by atoms with Crippen LogP contribution in [-0.4, -0.2) is 48.6 Å². The topological polar surface area (TPSA) is 112 Å². The molecule has 0 spiro atoms. The van der Waals surface area contributed by atoms with Crippen molar-refractivity contribution < 1.29 is 38.7 Å². The first kappa shape index (κ1) is 16.1. The molecule has 0 unspecified atom stereocenters. The first-order valence-corrected chi connectivity index (χ1v) is 7.90. The van der Waals surface area contributed by atoms with Crippen molar-refractivity contribution in [1.29, 1.82) is 0 Å². The van der Waals surface area contributed by atoms with Gasteiger partial charge in [-0.2, -0.15) is 0 Å². The molecule has 8 heteroatoms. The zero-order valence-electron chi connectivity index (χ0n) is 13.5. The number of fused-ring (bicyclic) bond motifs is 2. The Balaban J connectivity index is 1.99. The Morgan fingerprint density at radius 1 is 0.654 bits per heavy atom. The van der Waals surface area contributed by atoms with Gasteiger partial charge in [0.1, 0.15) is 37.6 Å². The molecular weight excluding hydrogens is 344 g/mol. The standard InChI is InChI=1S/C18H14O8/c19-17(20)13-9(1-3-11-15(13)25-7-5-23-11)10-2-4-12-16(14(10)18(21)22)26-8-6-24-12/h1-4H,5-8H2,(H,19,20)(H,21,22). The van der Waals surface area contributed by atoms with Gasteiger partial charge in [-0.1, -0.05) is 0 Å². The lowest BCUT2D eigenvalue weighted by Gasteiger charge is -2.24. The number of carbonyl (C=O) groups is 2. The van der Waals surface area contributed by atoms with Gasteiger partial charge < -0.3 is 29.2 Å². The number of carboxylic acids is 2. The van der Waals surface area contributed by atoms with Gasteiger partial charge in [-0.15, -0.1) is 0 Å². The minimum atomic E-state index is -1.24. The Labute approximate surface area is 147 Å². The Morgan fingerprint density at radius 2 is 1.04 bits per heavy atom. The molecule has 26 heavy (non-hydrogen) atoms. The van der Waals surface area contributed by atoms with Crippen LogP contribution in [0.5, 0.6) is 23.0 Å². The molecule has 0 saturated heterocycles. The fraction of sp³-hybridized carbons (Fsp3) is 0.222. The van der Waals surface area contributed by atoms with Crippen LogP contribution >= 0.6 is 0 Å². The predicted octanol–water partition coefficient (Wildman–Crippen LogP) is 2.29. The Bertz CT molecular complexity index is 842. The second kappa shape index (κ2) is 6.14. The van der Waals surface area contributed by atoms with Crippen molar-refractivity contribution in [2.24, 2.45) is 0 Å². The normalized spacial score (nSPS) is 14.6. The summed E-state index contributed by atoms with van der Waals surface area (Å²) in [6, 6.07) is 6.15. The third-order valence-corrected chi connectivity index (χ3v) is 4.14. The SMILES string of the molecule is O=C(O)c1c(-c2ccc3c(c2C(=O)O)OCCO3)ccc2c1OCCO2. The number of hydrogen-bond acceptors (Lipinski definition) is 6. The molecule has 2 N–H and O–H groups in total. The number of hydrogen-bond donors (Lipinski definition) is 2. The molecule has 2 aromatic rings. The predicted molar refractivity (Wildman–Crippen MR) is 87.8 cm³/mol. The monoisotopic (exact) mass is 358 g/mol. The molecule has 2 aromatic carbocycles. The third kappa shape index (κ3) is 2.46. The Morgan fingerprint density at radius 3 is 1.42 bits per heavy atom. The molecule has 0 radical (unpaired) electrons. The summed E-state index contributed by atoms with van der Waals surface area (Å²) in [6.07, 6.45) is 0. The average Bonchev–Trinajstić information content (AvgIpc) is 2.65. The van der Waals surface area contributed by atoms with E-state index in [0.29, 0.717) is 24.7 Å². The lowest BCUT2D eigenvalue weighted by molar-refractivity contribution is 0.0673. The van der Waals surface area contributed by atoms with E-state index in [1.165, 1.54) is 12.1 Å². The molecule has 0 amide bonds. The van der Waals surface area contributed by atoms with Crippen LogP contribution in [0.25, 0.3) is 11.1 Å². The van der Waals surface area contributed by atoms with Crippen LogP contribution in [0.4, 0.5) is 0 Å². The maximum atomic E-state index is 11.9. The zero-order chi connectivity index (χ0) is 18.3. The van der Waals surface area contributed by atoms with E-state index in [-0.39, 0.29) is 47.0 Å². The summed E-state index contributed by atoms with van der Waals surface area (Å²) in [7, 11) is 0. The fourth-order valence-corrected chi connectivity index (χ4v) is 3.11. The van der Waals surface area contributed by atoms with Gasteiger partial charge in [0.15, 0.2) is 23.0 Å². The van der Waals surface area contributed by atoms with Crippen molar-refractivity contribution in [3.8, 4) is 34.1 Å². The number of rotatable bonds is 3. The second-order valence-corrected chi connectivity index (χ2v) is 5.63. The molecule has 0 atom stereocenters. The maximum Gasteiger partial charge on any atom is 0.340 e. The summed E-state index contributed by atoms with van der Waals surface area (Å²) in [6.45, 7) is 1.05. The van der Waals surface area contributed by atoms with Crippen LogP contribution in [-0.2, 0) is 0 Å². The van der Waals surface area contributed by atoms with Crippen molar-refractivity contribution in [2.75, 3.05) is 26.4 Å². The van der Waals surface area contributed by atoms with Crippen molar-refractivity contribution >= 4 is 11.9 Å². The van der Waals surface area contributed by atoms with Gasteiger partial charge in [-0.25, -0.2) is 9.59 Å². The number of ether oxygens (including phenoxy) is 4. The minimum Gasteiger partial charge on any atom is -0.486 e. The lowest BCUT2D eigenvalue weighted by Crippen LogP contribution is -2.20. The van der Waals surface area contributed by atoms with Crippen LogP contribution in [0.2, 0.25) is 0 Å². The van der Waals surface area contributed by atoms with E-state index in [2.05, 4.69) is 0 Å². The third-order valence-electron chi connectivity index (χ3n) is 4.14. The van der Waals surface area contributed by atoms with E-state index in [1.807, 2.05) is 0 Å². The highest BCUT2D eigenvalue weighted by Gasteiger charge is 2.30. The molecule has 134 valence electrons. The molecular formula is C18H14O8. The lowest BCUT2D eigenvalue weighted by atomic mass is 9.93. The highest BCUT2D eigenvalue weighted by molar-refractivity contribution is 6.06. The molecule has 8 nitrogen and oxygen atoms in total. The van der Waals surface area contributed by atoms with E-state index >= 15 is 0 Å². The summed E-state index contributed by atoms with van der Waals surface area (Å²) < 4.78 is 21.8. The van der Waals surface area contributed by atoms with Gasteiger partial charge in [-0.3, -0.25) is 0 Å². The zero-order valence-corrected chi connectivity index (χ0v) is 13.5. The molecule has 0 aliphatic carbocycles. The summed E-state index contributed by atoms with van der Waals surface area (Å²) in [5.41, 5.74) is 0.106. The van der Waals surface area contributed by atoms with Gasteiger partial charge in [0.2, 0.25) is 0 Å². The molecule has 0 aromatic heterocycles. The molecule has 2 aliphatic heterocycles. The smallest absolute Gasteiger partial charge is 0.340 e. The Hall–Kier alpha value is -3.42. The number of carboxylic acid groups (broad SMARTS) is 2. The molecule has 2 aliphatic rings. The van der Waals surface area contributed by atoms with E-state index in [4.69, 9.17) is 18.9 Å². The van der Waals surface area contributed by atoms with Crippen molar-refractivity contribution in [3.05, 3.63) is 35.4 Å². The summed E-state index contributed by atoms with van der Waals surface area (Å²) in [5, 5.41) is 19.4. The van der Waals surface area contributed by atoms with Gasteiger partial charge in [0.05, 0.1) is 0 Å². The molecule has 2 heterocycles. The highest BCUT2D eigenvalue weighted by Crippen LogP contribution is 2.45. The van der Waals surface area contributed by atoms with Gasteiger partial charge in [0, 0.05) is 11.1 Å². The van der Waals surface area contributed by atoms with Crippen molar-refractivity contribution in [2.45, 2.75) is 0 Å². The quantitative estimate of drug-likeness (QED) is 0.860. The number of benzene rings is 2. The first-order valence-electron chi connectivity index (χ1n) is 7.90. The van der Waals surface area contributed by atoms with Crippen LogP contribution in [0.1, 0.15) is 20.7 Å². The Kier molecular flexibility index (Phi) is 3.80. The number of aromatic carboxylic acids is 2. The van der Waals surface area contributed by atoms with Crippen LogP contribution in [0.15, 0.2) is 24.3 Å². The molecule has 4 rings (SSSR count). The maximum absolute atomic E-state index is 11.9.